The van der Waals surface area contributed by atoms with Crippen molar-refractivity contribution in [3.63, 3.8) is 0 Å². The van der Waals surface area contributed by atoms with E-state index < -0.39 is 0 Å². The summed E-state index contributed by atoms with van der Waals surface area (Å²) in [6, 6.07) is 0. The molecule has 88 valence electrons. The molecular weight excluding hydrogens is 222 g/mol. The number of aromatic nitrogens is 1. The van der Waals surface area contributed by atoms with Crippen LogP contribution in [0.1, 0.15) is 29.8 Å². The first-order chi connectivity index (χ1) is 7.86. The smallest absolute Gasteiger partial charge is 0.270 e. The predicted molar refractivity (Wildman–Crippen MR) is 64.7 cm³/mol. The van der Waals surface area contributed by atoms with E-state index in [1.807, 2.05) is 0 Å². The highest BCUT2D eigenvalue weighted by Gasteiger charge is 2.13. The fourth-order valence-corrected chi connectivity index (χ4v) is 2.51. The van der Waals surface area contributed by atoms with Crippen molar-refractivity contribution in [2.75, 3.05) is 19.6 Å². The molecule has 0 aliphatic carbocycles. The van der Waals surface area contributed by atoms with Crippen LogP contribution in [0.4, 0.5) is 0 Å². The molecule has 1 aliphatic heterocycles. The van der Waals surface area contributed by atoms with E-state index in [0.29, 0.717) is 11.6 Å². The topological polar surface area (TPSA) is 54.0 Å². The molecule has 2 N–H and O–H groups in total. The molecule has 1 aliphatic rings. The van der Waals surface area contributed by atoms with Crippen LogP contribution < -0.4 is 10.6 Å². The van der Waals surface area contributed by atoms with Crippen molar-refractivity contribution in [2.45, 2.75) is 19.3 Å². The van der Waals surface area contributed by atoms with Crippen molar-refractivity contribution in [2.24, 2.45) is 5.92 Å². The highest BCUT2D eigenvalue weighted by molar-refractivity contribution is 7.07. The van der Waals surface area contributed by atoms with Crippen LogP contribution in [0.3, 0.4) is 0 Å². The van der Waals surface area contributed by atoms with Gasteiger partial charge in [0.1, 0.15) is 5.69 Å². The van der Waals surface area contributed by atoms with E-state index >= 15 is 0 Å². The van der Waals surface area contributed by atoms with Gasteiger partial charge in [-0.05, 0) is 38.3 Å². The molecule has 0 bridgehead atoms. The lowest BCUT2D eigenvalue weighted by Gasteiger charge is -2.22. The Hall–Kier alpha value is -0.940. The molecule has 1 fully saturated rings. The zero-order valence-electron chi connectivity index (χ0n) is 9.24. The average Bonchev–Trinajstić information content (AvgIpc) is 2.84. The summed E-state index contributed by atoms with van der Waals surface area (Å²) in [7, 11) is 0. The van der Waals surface area contributed by atoms with Gasteiger partial charge < -0.3 is 10.6 Å². The van der Waals surface area contributed by atoms with Crippen LogP contribution in [0.25, 0.3) is 0 Å². The van der Waals surface area contributed by atoms with Crippen LogP contribution >= 0.6 is 11.3 Å². The summed E-state index contributed by atoms with van der Waals surface area (Å²) in [5.74, 6) is 0.662. The minimum Gasteiger partial charge on any atom is -0.351 e. The second-order valence-corrected chi connectivity index (χ2v) is 4.85. The normalized spacial score (nSPS) is 20.6. The Balaban J connectivity index is 1.66. The van der Waals surface area contributed by atoms with Crippen LogP contribution in [0.2, 0.25) is 0 Å². The van der Waals surface area contributed by atoms with Gasteiger partial charge in [-0.15, -0.1) is 11.3 Å². The largest absolute Gasteiger partial charge is 0.351 e. The van der Waals surface area contributed by atoms with Gasteiger partial charge in [0, 0.05) is 11.9 Å². The number of carbonyl (C=O) groups excluding carboxylic acids is 1. The maximum atomic E-state index is 11.6. The number of hydrogen-bond donors (Lipinski definition) is 2. The number of amides is 1. The van der Waals surface area contributed by atoms with Crippen molar-refractivity contribution in [1.29, 1.82) is 0 Å². The third-order valence-corrected chi connectivity index (χ3v) is 3.49. The molecule has 0 saturated carbocycles. The van der Waals surface area contributed by atoms with E-state index in [9.17, 15) is 4.79 Å². The second kappa shape index (κ2) is 5.96. The third-order valence-electron chi connectivity index (χ3n) is 2.90. The predicted octanol–water partition coefficient (Wildman–Crippen LogP) is 1.26. The first-order valence-electron chi connectivity index (χ1n) is 5.73. The fourth-order valence-electron chi connectivity index (χ4n) is 1.98. The van der Waals surface area contributed by atoms with Crippen molar-refractivity contribution in [3.05, 3.63) is 16.6 Å². The molecule has 2 heterocycles. The fraction of sp³-hybridized carbons (Fsp3) is 0.636. The van der Waals surface area contributed by atoms with Crippen LogP contribution in [0, 0.1) is 5.92 Å². The summed E-state index contributed by atoms with van der Waals surface area (Å²) in [5.41, 5.74) is 2.21. The maximum absolute atomic E-state index is 11.6. The first kappa shape index (κ1) is 11.5. The van der Waals surface area contributed by atoms with Gasteiger partial charge in [-0.1, -0.05) is 0 Å². The molecule has 1 atom stereocenters. The highest BCUT2D eigenvalue weighted by atomic mass is 32.1. The van der Waals surface area contributed by atoms with Crippen LogP contribution in [-0.4, -0.2) is 30.5 Å². The summed E-state index contributed by atoms with van der Waals surface area (Å²) in [5, 5.41) is 8.06. The van der Waals surface area contributed by atoms with Gasteiger partial charge in [0.25, 0.3) is 5.91 Å². The lowest BCUT2D eigenvalue weighted by Crippen LogP contribution is -2.33. The molecule has 4 nitrogen and oxygen atoms in total. The monoisotopic (exact) mass is 239 g/mol. The quantitative estimate of drug-likeness (QED) is 0.832. The van der Waals surface area contributed by atoms with Crippen LogP contribution in [0.5, 0.6) is 0 Å². The minimum absolute atomic E-state index is 0.0509. The molecule has 0 spiro atoms. The van der Waals surface area contributed by atoms with Gasteiger partial charge in [0.05, 0.1) is 5.51 Å². The Labute approximate surface area is 99.5 Å². The van der Waals surface area contributed by atoms with E-state index in [4.69, 9.17) is 0 Å². The van der Waals surface area contributed by atoms with Gasteiger partial charge in [-0.2, -0.15) is 0 Å². The van der Waals surface area contributed by atoms with Crippen molar-refractivity contribution < 1.29 is 4.79 Å². The zero-order chi connectivity index (χ0) is 11.2. The summed E-state index contributed by atoms with van der Waals surface area (Å²) >= 11 is 1.45. The molecule has 5 heteroatoms. The van der Waals surface area contributed by atoms with E-state index in [-0.39, 0.29) is 5.91 Å². The third kappa shape index (κ3) is 3.28. The molecule has 1 unspecified atom stereocenters. The molecular formula is C11H17N3OS. The van der Waals surface area contributed by atoms with E-state index in [0.717, 1.165) is 26.1 Å². The van der Waals surface area contributed by atoms with Crippen LogP contribution in [-0.2, 0) is 0 Å². The van der Waals surface area contributed by atoms with Crippen molar-refractivity contribution in [1.82, 2.24) is 15.6 Å². The van der Waals surface area contributed by atoms with E-state index in [2.05, 4.69) is 15.6 Å². The maximum Gasteiger partial charge on any atom is 0.270 e. The summed E-state index contributed by atoms with van der Waals surface area (Å²) in [6.45, 7) is 2.98. The number of hydrogen-bond acceptors (Lipinski definition) is 4. The standard InChI is InChI=1S/C11H17N3OS/c15-11(10-7-16-8-14-10)13-5-3-9-2-1-4-12-6-9/h7-9,12H,1-6H2,(H,13,15). The lowest BCUT2D eigenvalue weighted by molar-refractivity contribution is 0.0946. The van der Waals surface area contributed by atoms with Gasteiger partial charge in [-0.3, -0.25) is 4.79 Å². The van der Waals surface area contributed by atoms with Crippen molar-refractivity contribution >= 4 is 17.2 Å². The van der Waals surface area contributed by atoms with E-state index in [1.54, 1.807) is 10.9 Å². The van der Waals surface area contributed by atoms with Gasteiger partial charge in [-0.25, -0.2) is 4.98 Å². The highest BCUT2D eigenvalue weighted by Crippen LogP contribution is 2.12. The van der Waals surface area contributed by atoms with Gasteiger partial charge >= 0.3 is 0 Å². The molecule has 0 aromatic carbocycles. The molecule has 1 aromatic rings. The van der Waals surface area contributed by atoms with Gasteiger partial charge in [0.2, 0.25) is 0 Å². The zero-order valence-corrected chi connectivity index (χ0v) is 10.1. The number of rotatable bonds is 4. The van der Waals surface area contributed by atoms with Crippen LogP contribution in [0.15, 0.2) is 10.9 Å². The molecule has 1 saturated heterocycles. The summed E-state index contributed by atoms with van der Waals surface area (Å²) in [6.07, 6.45) is 3.59. The Morgan fingerprint density at radius 1 is 1.69 bits per heavy atom. The van der Waals surface area contributed by atoms with Crippen molar-refractivity contribution in [3.8, 4) is 0 Å². The van der Waals surface area contributed by atoms with Gasteiger partial charge in [0.15, 0.2) is 0 Å². The molecule has 0 radical (unpaired) electrons. The number of carbonyl (C=O) groups is 1. The Kier molecular flexibility index (Phi) is 4.30. The second-order valence-electron chi connectivity index (χ2n) is 4.13. The number of nitrogens with one attached hydrogen (secondary N) is 2. The Morgan fingerprint density at radius 2 is 2.62 bits per heavy atom. The number of nitrogens with zero attached hydrogens (tertiary/aromatic N) is 1. The molecule has 1 aromatic heterocycles. The molecule has 1 amide bonds. The number of piperidine rings is 1. The van der Waals surface area contributed by atoms with E-state index in [1.165, 1.54) is 24.2 Å². The number of thiazole rings is 1. The Morgan fingerprint density at radius 3 is 3.31 bits per heavy atom. The minimum atomic E-state index is -0.0509. The molecule has 16 heavy (non-hydrogen) atoms. The average molecular weight is 239 g/mol. The summed E-state index contributed by atoms with van der Waals surface area (Å²) < 4.78 is 0. The lowest BCUT2D eigenvalue weighted by atomic mass is 9.96. The summed E-state index contributed by atoms with van der Waals surface area (Å²) in [4.78, 5) is 15.5. The first-order valence-corrected chi connectivity index (χ1v) is 6.67. The SMILES string of the molecule is O=C(NCCC1CCCNC1)c1cscn1. The molecule has 2 rings (SSSR count). The Bertz CT molecular complexity index is 320.